The first-order valence-electron chi connectivity index (χ1n) is 12.7. The van der Waals surface area contributed by atoms with E-state index in [9.17, 15) is 26.7 Å². The van der Waals surface area contributed by atoms with Gasteiger partial charge in [0.1, 0.15) is 22.8 Å². The van der Waals surface area contributed by atoms with Gasteiger partial charge in [-0.1, -0.05) is 0 Å². The van der Waals surface area contributed by atoms with Crippen molar-refractivity contribution in [2.75, 3.05) is 23.8 Å². The van der Waals surface area contributed by atoms with Crippen molar-refractivity contribution >= 4 is 34.5 Å². The molecule has 16 heteroatoms. The second kappa shape index (κ2) is 9.94. The molecule has 1 saturated heterocycles. The number of halogens is 5. The third kappa shape index (κ3) is 5.26. The molecular weight excluding hydrogens is 555 g/mol. The zero-order valence-corrected chi connectivity index (χ0v) is 21.5. The fourth-order valence-electron chi connectivity index (χ4n) is 4.43. The molecule has 1 unspecified atom stereocenters. The van der Waals surface area contributed by atoms with Crippen molar-refractivity contribution in [1.82, 2.24) is 29.3 Å². The van der Waals surface area contributed by atoms with Crippen molar-refractivity contribution in [3.63, 3.8) is 0 Å². The maximum atomic E-state index is 14.4. The van der Waals surface area contributed by atoms with Gasteiger partial charge in [0.15, 0.2) is 5.82 Å². The van der Waals surface area contributed by atoms with Crippen LogP contribution in [0.2, 0.25) is 0 Å². The molecule has 1 aliphatic carbocycles. The summed E-state index contributed by atoms with van der Waals surface area (Å²) in [5.41, 5.74) is -0.360. The summed E-state index contributed by atoms with van der Waals surface area (Å²) in [4.78, 5) is 24.7. The number of carbonyl (C=O) groups is 1. The average molecular weight is 579 g/mol. The molecule has 0 aromatic carbocycles. The van der Waals surface area contributed by atoms with Crippen molar-refractivity contribution in [2.24, 2.45) is 13.0 Å². The van der Waals surface area contributed by atoms with Gasteiger partial charge in [-0.05, 0) is 25.3 Å². The van der Waals surface area contributed by atoms with Crippen molar-refractivity contribution in [1.29, 1.82) is 0 Å². The number of anilines is 3. The van der Waals surface area contributed by atoms with Crippen LogP contribution in [0.1, 0.15) is 31.0 Å². The Hall–Kier alpha value is -4.34. The second-order valence-electron chi connectivity index (χ2n) is 9.82. The molecular formula is C25H23F5N8O3. The maximum Gasteiger partial charge on any atom is 0.459 e. The Morgan fingerprint density at radius 1 is 1.10 bits per heavy atom. The number of nitrogens with zero attached hydrogens (tertiary/aromatic N) is 6. The van der Waals surface area contributed by atoms with Gasteiger partial charge in [0.05, 0.1) is 24.4 Å². The smallest absolute Gasteiger partial charge is 0.439 e. The number of hydrogen-bond acceptors (Lipinski definition) is 8. The molecule has 1 aliphatic heterocycles. The van der Waals surface area contributed by atoms with E-state index in [0.29, 0.717) is 33.3 Å². The molecule has 4 aromatic heterocycles. The van der Waals surface area contributed by atoms with Gasteiger partial charge < -0.3 is 24.7 Å². The van der Waals surface area contributed by atoms with E-state index in [1.165, 1.54) is 12.4 Å². The predicted octanol–water partition coefficient (Wildman–Crippen LogP) is 5.06. The molecule has 1 saturated carbocycles. The maximum absolute atomic E-state index is 14.4. The van der Waals surface area contributed by atoms with E-state index in [0.717, 1.165) is 12.8 Å². The zero-order chi connectivity index (χ0) is 28.9. The lowest BCUT2D eigenvalue weighted by atomic mass is 10.2. The van der Waals surface area contributed by atoms with Crippen molar-refractivity contribution in [3.05, 3.63) is 42.4 Å². The van der Waals surface area contributed by atoms with E-state index in [2.05, 4.69) is 30.7 Å². The molecule has 216 valence electrons. The Morgan fingerprint density at radius 3 is 2.61 bits per heavy atom. The highest BCUT2D eigenvalue weighted by Crippen LogP contribution is 2.45. The van der Waals surface area contributed by atoms with Gasteiger partial charge in [0.2, 0.25) is 17.7 Å². The molecule has 1 atom stereocenters. The van der Waals surface area contributed by atoms with E-state index in [4.69, 9.17) is 9.47 Å². The summed E-state index contributed by atoms with van der Waals surface area (Å²) in [5.74, 6) is -4.42. The third-order valence-corrected chi connectivity index (χ3v) is 6.80. The Kier molecular flexibility index (Phi) is 6.51. The summed E-state index contributed by atoms with van der Waals surface area (Å²) in [6, 6.07) is 4.63. The van der Waals surface area contributed by atoms with Crippen LogP contribution >= 0.6 is 0 Å². The minimum absolute atomic E-state index is 0.0105. The molecule has 0 radical (unpaired) electrons. The Balaban J connectivity index is 1.25. The summed E-state index contributed by atoms with van der Waals surface area (Å²) in [6.45, 7) is 0.192. The molecule has 11 nitrogen and oxygen atoms in total. The second-order valence-corrected chi connectivity index (χ2v) is 9.82. The normalized spacial score (nSPS) is 17.7. The van der Waals surface area contributed by atoms with Crippen LogP contribution < -0.4 is 15.4 Å². The van der Waals surface area contributed by atoms with Gasteiger partial charge in [-0.2, -0.15) is 27.1 Å². The number of pyridine rings is 2. The average Bonchev–Trinajstić information content (AvgIpc) is 3.32. The van der Waals surface area contributed by atoms with Gasteiger partial charge in [-0.3, -0.25) is 9.48 Å². The highest BCUT2D eigenvalue weighted by atomic mass is 19.4. The topological polar surface area (TPSA) is 121 Å². The molecule has 2 N–H and O–H groups in total. The lowest BCUT2D eigenvalue weighted by molar-refractivity contribution is -0.292. The number of nitrogens with one attached hydrogen (secondary N) is 2. The third-order valence-electron chi connectivity index (χ3n) is 6.80. The summed E-state index contributed by atoms with van der Waals surface area (Å²) >= 11 is 0. The van der Waals surface area contributed by atoms with Crippen LogP contribution in [-0.2, 0) is 22.5 Å². The Morgan fingerprint density at radius 2 is 1.90 bits per heavy atom. The number of ether oxygens (including phenoxy) is 2. The molecule has 41 heavy (non-hydrogen) atoms. The number of carbonyl (C=O) groups excluding carboxylic acids is 1. The van der Waals surface area contributed by atoms with Gasteiger partial charge >= 0.3 is 12.1 Å². The van der Waals surface area contributed by atoms with Crippen LogP contribution in [0.5, 0.6) is 11.6 Å². The monoisotopic (exact) mass is 578 g/mol. The number of imidazole rings is 1. The van der Waals surface area contributed by atoms with Crippen LogP contribution in [0, 0.1) is 5.92 Å². The van der Waals surface area contributed by atoms with Crippen LogP contribution in [0.25, 0.3) is 11.0 Å². The number of aryl methyl sites for hydroxylation is 1. The highest BCUT2D eigenvalue weighted by molar-refractivity contribution is 5.93. The van der Waals surface area contributed by atoms with Gasteiger partial charge in [-0.15, -0.1) is 0 Å². The molecule has 2 aliphatic rings. The van der Waals surface area contributed by atoms with Crippen LogP contribution in [0.15, 0.2) is 36.7 Å². The molecule has 0 bridgehead atoms. The minimum Gasteiger partial charge on any atom is -0.439 e. The molecule has 5 heterocycles. The van der Waals surface area contributed by atoms with Crippen LogP contribution in [0.4, 0.5) is 39.5 Å². The number of hydrogen-bond donors (Lipinski definition) is 2. The minimum atomic E-state index is -5.81. The van der Waals surface area contributed by atoms with Crippen molar-refractivity contribution in [2.45, 2.75) is 37.4 Å². The van der Waals surface area contributed by atoms with E-state index in [1.807, 2.05) is 0 Å². The number of alkyl halides is 5. The summed E-state index contributed by atoms with van der Waals surface area (Å²) in [7, 11) is 1.62. The summed E-state index contributed by atoms with van der Waals surface area (Å²) in [5, 5.41) is 9.49. The van der Waals surface area contributed by atoms with Crippen molar-refractivity contribution < 1.29 is 36.2 Å². The number of rotatable bonds is 8. The zero-order valence-electron chi connectivity index (χ0n) is 21.5. The molecule has 6 rings (SSSR count). The van der Waals surface area contributed by atoms with Crippen LogP contribution in [-0.4, -0.2) is 54.6 Å². The largest absolute Gasteiger partial charge is 0.459 e. The SMILES string of the molecule is Cn1c(Nc2cc(C(F)(F)C(F)(F)F)n(C3CCOC3)n2)nc2cnc(Oc3ccnc(NC(=O)C4CC4)c3)cc21. The van der Waals surface area contributed by atoms with E-state index < -0.39 is 23.8 Å². The lowest BCUT2D eigenvalue weighted by Gasteiger charge is -2.22. The van der Waals surface area contributed by atoms with Gasteiger partial charge in [0, 0.05) is 44.0 Å². The molecule has 2 fully saturated rings. The summed E-state index contributed by atoms with van der Waals surface area (Å²) in [6.07, 6.45) is -0.951. The van der Waals surface area contributed by atoms with E-state index in [1.54, 1.807) is 29.8 Å². The first-order valence-corrected chi connectivity index (χ1v) is 12.7. The number of fused-ring (bicyclic) bond motifs is 1. The fraction of sp³-hybridized carbons (Fsp3) is 0.400. The Bertz CT molecular complexity index is 1610. The number of amides is 1. The van der Waals surface area contributed by atoms with Gasteiger partial charge in [0.25, 0.3) is 0 Å². The first kappa shape index (κ1) is 26.9. The molecule has 4 aromatic rings. The highest BCUT2D eigenvalue weighted by Gasteiger charge is 2.61. The first-order chi connectivity index (χ1) is 19.5. The van der Waals surface area contributed by atoms with E-state index >= 15 is 0 Å². The molecule has 0 spiro atoms. The molecule has 1 amide bonds. The standard InChI is InChI=1S/C25H23F5N8O3/c1-37-17-9-21(41-15-4-6-31-19(8-15)34-22(39)13-2-3-13)32-11-16(17)33-23(37)35-20-10-18(24(26,27)25(28,29)30)38(36-20)14-5-7-40-12-14/h4,6,8-11,13-14H,2-3,5,7,12H2,1H3,(H,31,34,39)(H,33,35,36). The van der Waals surface area contributed by atoms with E-state index in [-0.39, 0.29) is 49.1 Å². The summed E-state index contributed by atoms with van der Waals surface area (Å²) < 4.78 is 81.7. The number of aromatic nitrogens is 6. The predicted molar refractivity (Wildman–Crippen MR) is 134 cm³/mol. The van der Waals surface area contributed by atoms with Crippen LogP contribution in [0.3, 0.4) is 0 Å². The van der Waals surface area contributed by atoms with Crippen molar-refractivity contribution in [3.8, 4) is 11.6 Å². The Labute approximate surface area is 228 Å². The fourth-order valence-corrected chi connectivity index (χ4v) is 4.43. The van der Waals surface area contributed by atoms with Gasteiger partial charge in [-0.25, -0.2) is 15.0 Å². The quantitative estimate of drug-likeness (QED) is 0.279. The lowest BCUT2D eigenvalue weighted by Crippen LogP contribution is -2.36.